The van der Waals surface area contributed by atoms with Crippen molar-refractivity contribution >= 4 is 23.3 Å². The van der Waals surface area contributed by atoms with Crippen LogP contribution in [-0.4, -0.2) is 74.9 Å². The van der Waals surface area contributed by atoms with E-state index in [-0.39, 0.29) is 11.8 Å². The van der Waals surface area contributed by atoms with E-state index in [1.165, 1.54) is 16.4 Å². The lowest BCUT2D eigenvalue weighted by molar-refractivity contribution is -0.139. The topological polar surface area (TPSA) is 69.6 Å². The lowest BCUT2D eigenvalue weighted by atomic mass is 10.1. The molecule has 0 spiro atoms. The van der Waals surface area contributed by atoms with Gasteiger partial charge in [-0.3, -0.25) is 14.5 Å². The van der Waals surface area contributed by atoms with E-state index in [0.29, 0.717) is 44.8 Å². The van der Waals surface area contributed by atoms with Crippen LogP contribution in [0.1, 0.15) is 36.4 Å². The molecule has 1 aromatic heterocycles. The Hall–Kier alpha value is -1.54. The van der Waals surface area contributed by atoms with Crippen molar-refractivity contribution in [2.24, 2.45) is 0 Å². The van der Waals surface area contributed by atoms with Crippen LogP contribution in [0.25, 0.3) is 0 Å². The summed E-state index contributed by atoms with van der Waals surface area (Å²) in [5.74, 6) is 0.280. The van der Waals surface area contributed by atoms with Crippen molar-refractivity contribution in [1.29, 1.82) is 0 Å². The predicted octanol–water partition coefficient (Wildman–Crippen LogP) is 0.290. The molecular formula is C15H21N5O2S. The van der Waals surface area contributed by atoms with Crippen LogP contribution in [0.5, 0.6) is 0 Å². The van der Waals surface area contributed by atoms with Gasteiger partial charge in [0.05, 0.1) is 17.1 Å². The third-order valence-corrected chi connectivity index (χ3v) is 6.22. The molecule has 0 radical (unpaired) electrons. The molecule has 4 heterocycles. The van der Waals surface area contributed by atoms with E-state index in [1.54, 1.807) is 6.92 Å². The lowest BCUT2D eigenvalue weighted by Crippen LogP contribution is -2.53. The van der Waals surface area contributed by atoms with Gasteiger partial charge in [-0.25, -0.2) is 0 Å². The van der Waals surface area contributed by atoms with Crippen molar-refractivity contribution in [3.05, 3.63) is 10.6 Å². The Kier molecular flexibility index (Phi) is 3.81. The molecule has 4 rings (SSSR count). The summed E-state index contributed by atoms with van der Waals surface area (Å²) < 4.78 is 4.08. The fourth-order valence-corrected chi connectivity index (χ4v) is 4.87. The van der Waals surface area contributed by atoms with Crippen LogP contribution in [0.3, 0.4) is 0 Å². The molecule has 124 valence electrons. The molecule has 8 heteroatoms. The normalized spacial score (nSPS) is 27.2. The molecule has 23 heavy (non-hydrogen) atoms. The number of amides is 2. The molecular weight excluding hydrogens is 314 g/mol. The molecule has 2 fully saturated rings. The molecule has 3 aliphatic heterocycles. The maximum Gasteiger partial charge on any atom is 0.236 e. The summed E-state index contributed by atoms with van der Waals surface area (Å²) in [4.78, 5) is 31.4. The molecule has 7 nitrogen and oxygen atoms in total. The minimum atomic E-state index is 0.0939. The van der Waals surface area contributed by atoms with E-state index < -0.39 is 0 Å². The first kappa shape index (κ1) is 15.0. The lowest BCUT2D eigenvalue weighted by Gasteiger charge is -2.37. The highest BCUT2D eigenvalue weighted by Crippen LogP contribution is 2.44. The van der Waals surface area contributed by atoms with Crippen molar-refractivity contribution in [3.8, 4) is 0 Å². The van der Waals surface area contributed by atoms with Gasteiger partial charge in [-0.1, -0.05) is 4.49 Å². The average Bonchev–Trinajstić information content (AvgIpc) is 3.12. The highest BCUT2D eigenvalue weighted by molar-refractivity contribution is 7.05. The maximum atomic E-state index is 12.7. The van der Waals surface area contributed by atoms with Gasteiger partial charge in [-0.05, 0) is 24.4 Å². The minimum absolute atomic E-state index is 0.0939. The molecule has 3 aliphatic rings. The van der Waals surface area contributed by atoms with E-state index in [2.05, 4.69) is 14.5 Å². The van der Waals surface area contributed by atoms with E-state index in [4.69, 9.17) is 0 Å². The fourth-order valence-electron chi connectivity index (χ4n) is 4.04. The second-order valence-electron chi connectivity index (χ2n) is 6.59. The van der Waals surface area contributed by atoms with Crippen molar-refractivity contribution in [2.45, 2.75) is 38.3 Å². The predicted molar refractivity (Wildman–Crippen MR) is 84.9 cm³/mol. The van der Waals surface area contributed by atoms with Gasteiger partial charge >= 0.3 is 0 Å². The second kappa shape index (κ2) is 5.83. The van der Waals surface area contributed by atoms with Gasteiger partial charge < -0.3 is 9.80 Å². The zero-order chi connectivity index (χ0) is 16.0. The Bertz CT molecular complexity index is 625. The van der Waals surface area contributed by atoms with E-state index in [9.17, 15) is 9.59 Å². The van der Waals surface area contributed by atoms with Crippen LogP contribution in [0.15, 0.2) is 0 Å². The number of aromatic nitrogens is 2. The Morgan fingerprint density at radius 2 is 1.91 bits per heavy atom. The van der Waals surface area contributed by atoms with E-state index in [1.807, 2.05) is 9.80 Å². The number of hydrogen-bond acceptors (Lipinski definition) is 6. The molecule has 0 aromatic carbocycles. The number of hydrogen-bond donors (Lipinski definition) is 0. The molecule has 0 N–H and O–H groups in total. The number of nitrogens with zero attached hydrogens (tertiary/aromatic N) is 5. The van der Waals surface area contributed by atoms with Gasteiger partial charge in [0.2, 0.25) is 11.8 Å². The summed E-state index contributed by atoms with van der Waals surface area (Å²) in [7, 11) is 0. The Labute approximate surface area is 139 Å². The van der Waals surface area contributed by atoms with Gasteiger partial charge in [0, 0.05) is 51.6 Å². The quantitative estimate of drug-likeness (QED) is 0.777. The van der Waals surface area contributed by atoms with Crippen molar-refractivity contribution in [3.63, 3.8) is 0 Å². The van der Waals surface area contributed by atoms with Crippen molar-refractivity contribution in [1.82, 2.24) is 24.3 Å². The highest BCUT2D eigenvalue weighted by Gasteiger charge is 2.43. The second-order valence-corrected chi connectivity index (χ2v) is 7.38. The summed E-state index contributed by atoms with van der Waals surface area (Å²) in [5, 5.41) is 4.23. The fraction of sp³-hybridized carbons (Fsp3) is 0.733. The van der Waals surface area contributed by atoms with Crippen molar-refractivity contribution in [2.75, 3.05) is 32.7 Å². The molecule has 2 saturated heterocycles. The summed E-state index contributed by atoms with van der Waals surface area (Å²) in [6.07, 6.45) is 3.17. The largest absolute Gasteiger partial charge is 0.339 e. The SMILES string of the molecule is CC(=O)N1CCN(C(=O)CN2[C@@H]3CC[C@@H]2c2snnc2C3)CC1. The third kappa shape index (κ3) is 2.63. The number of carbonyl (C=O) groups is 2. The first-order valence-electron chi connectivity index (χ1n) is 8.23. The monoisotopic (exact) mass is 335 g/mol. The Morgan fingerprint density at radius 1 is 1.17 bits per heavy atom. The molecule has 0 unspecified atom stereocenters. The number of rotatable bonds is 2. The highest BCUT2D eigenvalue weighted by atomic mass is 32.1. The minimum Gasteiger partial charge on any atom is -0.339 e. The first-order valence-corrected chi connectivity index (χ1v) is 9.01. The summed E-state index contributed by atoms with van der Waals surface area (Å²) in [5.41, 5.74) is 1.14. The zero-order valence-electron chi connectivity index (χ0n) is 13.3. The van der Waals surface area contributed by atoms with E-state index in [0.717, 1.165) is 25.0 Å². The van der Waals surface area contributed by atoms with Gasteiger partial charge in [0.25, 0.3) is 0 Å². The zero-order valence-corrected chi connectivity index (χ0v) is 14.1. The van der Waals surface area contributed by atoms with Gasteiger partial charge in [-0.15, -0.1) is 5.10 Å². The van der Waals surface area contributed by atoms with Crippen molar-refractivity contribution < 1.29 is 9.59 Å². The number of piperazine rings is 1. The van der Waals surface area contributed by atoms with Gasteiger partial charge in [-0.2, -0.15) is 0 Å². The van der Waals surface area contributed by atoms with Gasteiger partial charge in [0.15, 0.2) is 0 Å². The molecule has 0 saturated carbocycles. The summed E-state index contributed by atoms with van der Waals surface area (Å²) in [6.45, 7) is 4.66. The Balaban J connectivity index is 1.40. The molecule has 2 amide bonds. The van der Waals surface area contributed by atoms with Crippen LogP contribution >= 0.6 is 11.5 Å². The molecule has 1 aromatic rings. The molecule has 0 aliphatic carbocycles. The summed E-state index contributed by atoms with van der Waals surface area (Å²) >= 11 is 1.48. The average molecular weight is 335 g/mol. The van der Waals surface area contributed by atoms with Crippen LogP contribution < -0.4 is 0 Å². The molecule has 2 bridgehead atoms. The first-order chi connectivity index (χ1) is 11.1. The number of carbonyl (C=O) groups excluding carboxylic acids is 2. The van der Waals surface area contributed by atoms with Crippen LogP contribution in [0, 0.1) is 0 Å². The summed E-state index contributed by atoms with van der Waals surface area (Å²) in [6, 6.07) is 0.755. The maximum absolute atomic E-state index is 12.7. The standard InChI is InChI=1S/C15H21N5O2S/c1-10(21)18-4-6-19(7-5-18)14(22)9-20-11-2-3-13(20)15-12(8-11)16-17-23-15/h11,13H,2-9H2,1H3/t11-,13-/m1/s1. The van der Waals surface area contributed by atoms with Crippen LogP contribution in [-0.2, 0) is 16.0 Å². The molecule has 2 atom stereocenters. The van der Waals surface area contributed by atoms with Crippen LogP contribution in [0.2, 0.25) is 0 Å². The Morgan fingerprint density at radius 3 is 2.65 bits per heavy atom. The van der Waals surface area contributed by atoms with Gasteiger partial charge in [0.1, 0.15) is 0 Å². The number of fused-ring (bicyclic) bond motifs is 4. The smallest absolute Gasteiger partial charge is 0.236 e. The third-order valence-electron chi connectivity index (χ3n) is 5.35. The van der Waals surface area contributed by atoms with Crippen LogP contribution in [0.4, 0.5) is 0 Å². The van der Waals surface area contributed by atoms with E-state index >= 15 is 0 Å².